The molecule has 0 bridgehead atoms. The van der Waals surface area contributed by atoms with Gasteiger partial charge in [-0.05, 0) is 56.2 Å². The Morgan fingerprint density at radius 1 is 1.07 bits per heavy atom. The van der Waals surface area contributed by atoms with Crippen LogP contribution in [0.4, 0.5) is 0 Å². The van der Waals surface area contributed by atoms with Gasteiger partial charge in [-0.3, -0.25) is 14.6 Å². The first-order valence-electron chi connectivity index (χ1n) is 10.2. The van der Waals surface area contributed by atoms with Crippen molar-refractivity contribution in [3.05, 3.63) is 47.3 Å². The predicted octanol–water partition coefficient (Wildman–Crippen LogP) is 2.17. The third-order valence-electron chi connectivity index (χ3n) is 5.74. The molecule has 7 heteroatoms. The van der Waals surface area contributed by atoms with E-state index in [2.05, 4.69) is 9.97 Å². The maximum absolute atomic E-state index is 13.1. The molecule has 2 aliphatic heterocycles. The lowest BCUT2D eigenvalue weighted by molar-refractivity contribution is 0.0778. The van der Waals surface area contributed by atoms with E-state index in [1.54, 1.807) is 24.3 Å². The number of fused-ring (bicyclic) bond motifs is 1. The number of aromatic nitrogens is 3. The van der Waals surface area contributed by atoms with Gasteiger partial charge in [0.15, 0.2) is 5.82 Å². The zero-order valence-corrected chi connectivity index (χ0v) is 16.4. The molecule has 0 unspecified atom stereocenters. The Balaban J connectivity index is 1.54. The molecule has 4 rings (SSSR count). The molecule has 0 N–H and O–H groups in total. The summed E-state index contributed by atoms with van der Waals surface area (Å²) in [6, 6.07) is 3.92. The third kappa shape index (κ3) is 3.66. The molecule has 2 aromatic rings. The van der Waals surface area contributed by atoms with Crippen LogP contribution in [0.1, 0.15) is 58.0 Å². The average Bonchev–Trinajstić information content (AvgIpc) is 3.40. The Bertz CT molecular complexity index is 855. The van der Waals surface area contributed by atoms with Crippen LogP contribution in [0.5, 0.6) is 0 Å². The number of carbonyl (C=O) groups is 2. The van der Waals surface area contributed by atoms with Gasteiger partial charge >= 0.3 is 0 Å². The molecule has 0 atom stereocenters. The van der Waals surface area contributed by atoms with E-state index in [4.69, 9.17) is 0 Å². The van der Waals surface area contributed by atoms with Crippen molar-refractivity contribution in [1.82, 2.24) is 24.3 Å². The summed E-state index contributed by atoms with van der Waals surface area (Å²) in [7, 11) is 1.80. The smallest absolute Gasteiger partial charge is 0.289 e. The van der Waals surface area contributed by atoms with Crippen LogP contribution in [0.15, 0.2) is 24.5 Å². The number of carbonyl (C=O) groups excluding carboxylic acids is 2. The van der Waals surface area contributed by atoms with E-state index in [1.165, 1.54) is 0 Å². The molecular weight excluding hydrogens is 354 g/mol. The van der Waals surface area contributed by atoms with Crippen molar-refractivity contribution in [2.24, 2.45) is 0 Å². The minimum Gasteiger partial charge on any atom is -0.339 e. The van der Waals surface area contributed by atoms with Crippen LogP contribution in [-0.2, 0) is 19.4 Å². The molecule has 28 heavy (non-hydrogen) atoms. The van der Waals surface area contributed by atoms with Crippen LogP contribution in [0.3, 0.4) is 0 Å². The van der Waals surface area contributed by atoms with E-state index in [1.807, 2.05) is 21.6 Å². The zero-order valence-electron chi connectivity index (χ0n) is 16.4. The quantitative estimate of drug-likeness (QED) is 0.796. The third-order valence-corrected chi connectivity index (χ3v) is 5.74. The van der Waals surface area contributed by atoms with Gasteiger partial charge in [0.05, 0.1) is 5.69 Å². The molecule has 7 nitrogen and oxygen atoms in total. The summed E-state index contributed by atoms with van der Waals surface area (Å²) >= 11 is 0. The summed E-state index contributed by atoms with van der Waals surface area (Å²) in [6.07, 6.45) is 9.25. The lowest BCUT2D eigenvalue weighted by atomic mass is 10.1. The molecule has 0 aliphatic carbocycles. The Labute approximate surface area is 165 Å². The fraction of sp³-hybridized carbons (Fsp3) is 0.524. The van der Waals surface area contributed by atoms with Gasteiger partial charge in [-0.1, -0.05) is 0 Å². The maximum atomic E-state index is 13.1. The number of pyridine rings is 1. The molecule has 2 amide bonds. The SMILES string of the molecule is CN(CCc1ccncc1)C(=O)c1nc(C(=O)N2CCCC2)c2n1CCCC2. The summed E-state index contributed by atoms with van der Waals surface area (Å²) in [5, 5.41) is 0. The first kappa shape index (κ1) is 18.7. The summed E-state index contributed by atoms with van der Waals surface area (Å²) in [6.45, 7) is 2.94. The van der Waals surface area contributed by atoms with Crippen LogP contribution >= 0.6 is 0 Å². The number of hydrogen-bond donors (Lipinski definition) is 0. The molecule has 1 saturated heterocycles. The van der Waals surface area contributed by atoms with Gasteiger partial charge in [-0.2, -0.15) is 0 Å². The molecular formula is C21H27N5O2. The van der Waals surface area contributed by atoms with Crippen molar-refractivity contribution in [2.45, 2.75) is 45.1 Å². The molecule has 2 aromatic heterocycles. The van der Waals surface area contributed by atoms with Gasteiger partial charge in [0, 0.05) is 45.6 Å². The second-order valence-electron chi connectivity index (χ2n) is 7.67. The topological polar surface area (TPSA) is 71.3 Å². The number of rotatable bonds is 5. The highest BCUT2D eigenvalue weighted by molar-refractivity contribution is 5.97. The van der Waals surface area contributed by atoms with Crippen molar-refractivity contribution in [2.75, 3.05) is 26.7 Å². The highest BCUT2D eigenvalue weighted by Crippen LogP contribution is 2.24. The van der Waals surface area contributed by atoms with Crippen molar-refractivity contribution < 1.29 is 9.59 Å². The van der Waals surface area contributed by atoms with E-state index in [-0.39, 0.29) is 11.8 Å². The molecule has 0 saturated carbocycles. The lowest BCUT2D eigenvalue weighted by Crippen LogP contribution is -2.32. The second-order valence-corrected chi connectivity index (χ2v) is 7.67. The normalized spacial score (nSPS) is 16.1. The molecule has 148 valence electrons. The Hall–Kier alpha value is -2.70. The molecule has 2 aliphatic rings. The highest BCUT2D eigenvalue weighted by atomic mass is 16.2. The van der Waals surface area contributed by atoms with Gasteiger partial charge in [-0.25, -0.2) is 4.98 Å². The van der Waals surface area contributed by atoms with Crippen molar-refractivity contribution >= 4 is 11.8 Å². The number of likely N-dealkylation sites (N-methyl/N-ethyl adjacent to an activating group) is 1. The van der Waals surface area contributed by atoms with Crippen molar-refractivity contribution in [3.63, 3.8) is 0 Å². The standard InChI is InChI=1S/C21H27N5O2/c1-24(15-9-16-7-10-22-11-8-16)21(28)19-23-18(17-6-2-3-14-26(17)19)20(27)25-12-4-5-13-25/h7-8,10-11H,2-6,9,12-15H2,1H3. The maximum Gasteiger partial charge on any atom is 0.289 e. The number of hydrogen-bond acceptors (Lipinski definition) is 4. The monoisotopic (exact) mass is 381 g/mol. The van der Waals surface area contributed by atoms with Crippen molar-refractivity contribution in [3.8, 4) is 0 Å². The summed E-state index contributed by atoms with van der Waals surface area (Å²) < 4.78 is 1.98. The summed E-state index contributed by atoms with van der Waals surface area (Å²) in [4.78, 5) is 38.2. The van der Waals surface area contributed by atoms with Crippen LogP contribution in [0, 0.1) is 0 Å². The molecule has 1 fully saturated rings. The molecule has 0 spiro atoms. The number of imidazole rings is 1. The largest absolute Gasteiger partial charge is 0.339 e. The molecule has 0 radical (unpaired) electrons. The molecule has 4 heterocycles. The van der Waals surface area contributed by atoms with Crippen LogP contribution in [0.25, 0.3) is 0 Å². The average molecular weight is 381 g/mol. The summed E-state index contributed by atoms with van der Waals surface area (Å²) in [5.74, 6) is 0.286. The van der Waals surface area contributed by atoms with Crippen LogP contribution < -0.4 is 0 Å². The fourth-order valence-corrected chi connectivity index (χ4v) is 4.07. The van der Waals surface area contributed by atoms with E-state index in [9.17, 15) is 9.59 Å². The molecule has 0 aromatic carbocycles. The summed E-state index contributed by atoms with van der Waals surface area (Å²) in [5.41, 5.74) is 2.58. The van der Waals surface area contributed by atoms with E-state index >= 15 is 0 Å². The lowest BCUT2D eigenvalue weighted by Gasteiger charge is -2.21. The Morgan fingerprint density at radius 2 is 1.79 bits per heavy atom. The first-order chi connectivity index (χ1) is 13.6. The first-order valence-corrected chi connectivity index (χ1v) is 10.2. The minimum absolute atomic E-state index is 0.0124. The van der Waals surface area contributed by atoms with Gasteiger partial charge in [0.1, 0.15) is 5.69 Å². The fourth-order valence-electron chi connectivity index (χ4n) is 4.07. The van der Waals surface area contributed by atoms with E-state index in [0.717, 1.165) is 69.4 Å². The second kappa shape index (κ2) is 8.12. The van der Waals surface area contributed by atoms with Crippen LogP contribution in [0.2, 0.25) is 0 Å². The van der Waals surface area contributed by atoms with Gasteiger partial charge in [-0.15, -0.1) is 0 Å². The van der Waals surface area contributed by atoms with Gasteiger partial charge < -0.3 is 14.4 Å². The number of likely N-dealkylation sites (tertiary alicyclic amines) is 1. The van der Waals surface area contributed by atoms with Crippen LogP contribution in [-0.4, -0.2) is 62.8 Å². The number of nitrogens with zero attached hydrogens (tertiary/aromatic N) is 5. The number of amides is 2. The Kier molecular flexibility index (Phi) is 5.41. The van der Waals surface area contributed by atoms with Crippen molar-refractivity contribution in [1.29, 1.82) is 0 Å². The van der Waals surface area contributed by atoms with Gasteiger partial charge in [0.2, 0.25) is 0 Å². The van der Waals surface area contributed by atoms with E-state index < -0.39 is 0 Å². The van der Waals surface area contributed by atoms with Gasteiger partial charge in [0.25, 0.3) is 11.8 Å². The Morgan fingerprint density at radius 3 is 2.54 bits per heavy atom. The predicted molar refractivity (Wildman–Crippen MR) is 105 cm³/mol. The minimum atomic E-state index is -0.113. The zero-order chi connectivity index (χ0) is 19.5. The highest BCUT2D eigenvalue weighted by Gasteiger charge is 2.31. The van der Waals surface area contributed by atoms with E-state index in [0.29, 0.717) is 18.1 Å².